The predicted molar refractivity (Wildman–Crippen MR) is 72.6 cm³/mol. The van der Waals surface area contributed by atoms with Crippen molar-refractivity contribution in [1.82, 2.24) is 0 Å². The van der Waals surface area contributed by atoms with Crippen LogP contribution >= 0.6 is 0 Å². The monoisotopic (exact) mass is 213 g/mol. The van der Waals surface area contributed by atoms with Crippen LogP contribution < -0.4 is 0 Å². The lowest BCUT2D eigenvalue weighted by Gasteiger charge is -2.14. The zero-order valence-electron chi connectivity index (χ0n) is 9.89. The zero-order chi connectivity index (χ0) is 11.8. The van der Waals surface area contributed by atoms with Crippen LogP contribution in [0.2, 0.25) is 0 Å². The minimum atomic E-state index is 0.678. The zero-order valence-corrected chi connectivity index (χ0v) is 9.89. The van der Waals surface area contributed by atoms with Crippen LogP contribution in [0.4, 0.5) is 0 Å². The molecular weight excluding hydrogens is 194 g/mol. The fourth-order valence-electron chi connectivity index (χ4n) is 1.62. The maximum absolute atomic E-state index is 4.33. The number of nitrogens with zero attached hydrogens (tertiary/aromatic N) is 1. The van der Waals surface area contributed by atoms with Gasteiger partial charge >= 0.3 is 0 Å². The molecule has 0 aromatic carbocycles. The van der Waals surface area contributed by atoms with Crippen molar-refractivity contribution in [1.29, 1.82) is 0 Å². The number of hydrogen-bond acceptors (Lipinski definition) is 1. The molecule has 1 unspecified atom stereocenters. The first-order valence-corrected chi connectivity index (χ1v) is 5.68. The van der Waals surface area contributed by atoms with Gasteiger partial charge in [0.2, 0.25) is 0 Å². The Bertz CT molecular complexity index is 367. The average molecular weight is 213 g/mol. The standard InChI is InChI=1S/C15H19N/c1-4-7-15(16-12-5-2)14-10-8-13(6-3)9-11-14/h4-5,7-8,10-13H,1-2,6,9H2,3H3. The normalized spacial score (nSPS) is 20.9. The van der Waals surface area contributed by atoms with Crippen molar-refractivity contribution in [2.24, 2.45) is 10.9 Å². The topological polar surface area (TPSA) is 12.4 Å². The van der Waals surface area contributed by atoms with E-state index in [9.17, 15) is 0 Å². The summed E-state index contributed by atoms with van der Waals surface area (Å²) in [6.45, 7) is 9.54. The van der Waals surface area contributed by atoms with E-state index in [-0.39, 0.29) is 0 Å². The van der Waals surface area contributed by atoms with Crippen LogP contribution in [0, 0.1) is 5.92 Å². The van der Waals surface area contributed by atoms with Gasteiger partial charge in [0.1, 0.15) is 0 Å². The van der Waals surface area contributed by atoms with Crippen LogP contribution in [0.1, 0.15) is 19.8 Å². The first-order chi connectivity index (χ1) is 7.81. The fraction of sp³-hybridized carbons (Fsp3) is 0.267. The third kappa shape index (κ3) is 3.50. The van der Waals surface area contributed by atoms with E-state index in [0.717, 1.165) is 12.1 Å². The molecule has 84 valence electrons. The molecule has 1 heteroatoms. The summed E-state index contributed by atoms with van der Waals surface area (Å²) in [6.07, 6.45) is 16.0. The van der Waals surface area contributed by atoms with Crippen molar-refractivity contribution in [3.63, 3.8) is 0 Å². The van der Waals surface area contributed by atoms with Gasteiger partial charge < -0.3 is 0 Å². The summed E-state index contributed by atoms with van der Waals surface area (Å²) >= 11 is 0. The van der Waals surface area contributed by atoms with Gasteiger partial charge in [0.25, 0.3) is 0 Å². The highest BCUT2D eigenvalue weighted by molar-refractivity contribution is 5.72. The number of aliphatic imine (C=N–C) groups is 1. The van der Waals surface area contributed by atoms with Gasteiger partial charge in [-0.25, -0.2) is 0 Å². The number of allylic oxidation sites excluding steroid dienone is 6. The van der Waals surface area contributed by atoms with Crippen molar-refractivity contribution >= 4 is 6.21 Å². The Morgan fingerprint density at radius 3 is 2.81 bits per heavy atom. The molecule has 1 aliphatic rings. The molecule has 1 atom stereocenters. The fourth-order valence-corrected chi connectivity index (χ4v) is 1.62. The van der Waals surface area contributed by atoms with E-state index in [1.807, 2.05) is 6.08 Å². The third-order valence-electron chi connectivity index (χ3n) is 2.60. The second-order valence-electron chi connectivity index (χ2n) is 3.72. The summed E-state index contributed by atoms with van der Waals surface area (Å²) in [5.74, 6) is 0.678. The molecule has 0 saturated heterocycles. The van der Waals surface area contributed by atoms with Gasteiger partial charge in [-0.3, -0.25) is 4.99 Å². The maximum atomic E-state index is 4.33. The molecule has 0 amide bonds. The molecule has 16 heavy (non-hydrogen) atoms. The van der Waals surface area contributed by atoms with Gasteiger partial charge in [-0.2, -0.15) is 0 Å². The number of hydrogen-bond donors (Lipinski definition) is 0. The van der Waals surface area contributed by atoms with Gasteiger partial charge in [-0.05, 0) is 30.4 Å². The molecule has 0 bridgehead atoms. The quantitative estimate of drug-likeness (QED) is 0.479. The molecule has 0 saturated carbocycles. The van der Waals surface area contributed by atoms with Crippen molar-refractivity contribution < 1.29 is 0 Å². The second-order valence-corrected chi connectivity index (χ2v) is 3.72. The van der Waals surface area contributed by atoms with Crippen LogP contribution in [-0.2, 0) is 0 Å². The minimum absolute atomic E-state index is 0.678. The first kappa shape index (κ1) is 12.4. The van der Waals surface area contributed by atoms with Crippen LogP contribution in [0.25, 0.3) is 0 Å². The Kier molecular flexibility index (Phi) is 5.27. The second kappa shape index (κ2) is 6.78. The maximum Gasteiger partial charge on any atom is 0.0698 e. The van der Waals surface area contributed by atoms with E-state index in [4.69, 9.17) is 0 Å². The molecule has 1 rings (SSSR count). The summed E-state index contributed by atoms with van der Waals surface area (Å²) in [5, 5.41) is 0. The number of rotatable bonds is 5. The van der Waals surface area contributed by atoms with Gasteiger partial charge in [-0.1, -0.05) is 50.5 Å². The summed E-state index contributed by atoms with van der Waals surface area (Å²) in [6, 6.07) is 0. The van der Waals surface area contributed by atoms with Crippen LogP contribution in [-0.4, -0.2) is 6.21 Å². The van der Waals surface area contributed by atoms with Crippen molar-refractivity contribution in [3.8, 4) is 0 Å². The molecule has 0 N–H and O–H groups in total. The molecule has 0 fully saturated rings. The van der Waals surface area contributed by atoms with Crippen LogP contribution in [0.15, 0.2) is 65.9 Å². The van der Waals surface area contributed by atoms with E-state index in [2.05, 4.69) is 43.3 Å². The largest absolute Gasteiger partial charge is 0.256 e. The Morgan fingerprint density at radius 2 is 2.31 bits per heavy atom. The Labute approximate surface area is 98.3 Å². The van der Waals surface area contributed by atoms with Gasteiger partial charge in [0.05, 0.1) is 5.70 Å². The average Bonchev–Trinajstić information content (AvgIpc) is 2.35. The van der Waals surface area contributed by atoms with Gasteiger partial charge in [0, 0.05) is 6.21 Å². The lowest BCUT2D eigenvalue weighted by atomic mass is 9.93. The van der Waals surface area contributed by atoms with E-state index in [1.165, 1.54) is 12.0 Å². The highest BCUT2D eigenvalue weighted by Crippen LogP contribution is 2.24. The van der Waals surface area contributed by atoms with Gasteiger partial charge in [0.15, 0.2) is 0 Å². The highest BCUT2D eigenvalue weighted by atomic mass is 14.7. The molecule has 1 nitrogen and oxygen atoms in total. The third-order valence-corrected chi connectivity index (χ3v) is 2.60. The molecular formula is C15H19N. The van der Waals surface area contributed by atoms with E-state index >= 15 is 0 Å². The first-order valence-electron chi connectivity index (χ1n) is 5.68. The molecule has 1 aliphatic carbocycles. The smallest absolute Gasteiger partial charge is 0.0698 e. The van der Waals surface area contributed by atoms with Crippen molar-refractivity contribution in [2.75, 3.05) is 0 Å². The Morgan fingerprint density at radius 1 is 1.50 bits per heavy atom. The van der Waals surface area contributed by atoms with Crippen molar-refractivity contribution in [2.45, 2.75) is 19.8 Å². The summed E-state index contributed by atoms with van der Waals surface area (Å²) in [7, 11) is 0. The Hall–Kier alpha value is -1.63. The molecule has 0 aromatic heterocycles. The Balaban J connectivity index is 2.82. The van der Waals surface area contributed by atoms with E-state index < -0.39 is 0 Å². The lowest BCUT2D eigenvalue weighted by molar-refractivity contribution is 0.630. The minimum Gasteiger partial charge on any atom is -0.256 e. The summed E-state index contributed by atoms with van der Waals surface area (Å²) < 4.78 is 0. The van der Waals surface area contributed by atoms with Crippen LogP contribution in [0.5, 0.6) is 0 Å². The lowest BCUT2D eigenvalue weighted by Crippen LogP contribution is -1.99. The molecule has 0 spiro atoms. The highest BCUT2D eigenvalue weighted by Gasteiger charge is 2.08. The van der Waals surface area contributed by atoms with Crippen molar-refractivity contribution in [3.05, 3.63) is 60.9 Å². The molecule has 0 aliphatic heterocycles. The molecule has 0 radical (unpaired) electrons. The van der Waals surface area contributed by atoms with E-state index in [1.54, 1.807) is 18.4 Å². The van der Waals surface area contributed by atoms with Crippen LogP contribution in [0.3, 0.4) is 0 Å². The van der Waals surface area contributed by atoms with Gasteiger partial charge in [-0.15, -0.1) is 0 Å². The SMILES string of the molecule is C=CC=NC(=CC=C)C1=CCC(CC)C=C1. The summed E-state index contributed by atoms with van der Waals surface area (Å²) in [4.78, 5) is 4.33. The summed E-state index contributed by atoms with van der Waals surface area (Å²) in [5.41, 5.74) is 2.11. The predicted octanol–water partition coefficient (Wildman–Crippen LogP) is 4.23. The molecule has 0 aromatic rings. The van der Waals surface area contributed by atoms with E-state index in [0.29, 0.717) is 5.92 Å². The molecule has 0 heterocycles.